The van der Waals surface area contributed by atoms with Crippen molar-refractivity contribution in [3.8, 4) is 11.5 Å². The standard InChI is InChI=1S/C18H23NO2/c1-12-5-6-14(3)18(15(12)4)21-10-9-20-17-11-16(19)8-7-13(17)2/h5-8,11H,9-10,19H2,1-4H3. The van der Waals surface area contributed by atoms with E-state index in [1.807, 2.05) is 25.1 Å². The summed E-state index contributed by atoms with van der Waals surface area (Å²) in [6.45, 7) is 9.25. The van der Waals surface area contributed by atoms with E-state index in [9.17, 15) is 0 Å². The Kier molecular flexibility index (Phi) is 4.73. The van der Waals surface area contributed by atoms with E-state index in [0.717, 1.165) is 22.6 Å². The van der Waals surface area contributed by atoms with Gasteiger partial charge in [0.15, 0.2) is 0 Å². The van der Waals surface area contributed by atoms with Crippen LogP contribution < -0.4 is 15.2 Å². The third-order valence-electron chi connectivity index (χ3n) is 3.67. The highest BCUT2D eigenvalue weighted by molar-refractivity contribution is 5.48. The van der Waals surface area contributed by atoms with Crippen molar-refractivity contribution >= 4 is 5.69 Å². The van der Waals surface area contributed by atoms with Crippen molar-refractivity contribution in [3.05, 3.63) is 52.6 Å². The molecular formula is C18H23NO2. The highest BCUT2D eigenvalue weighted by Gasteiger charge is 2.06. The van der Waals surface area contributed by atoms with E-state index in [4.69, 9.17) is 15.2 Å². The molecule has 0 heterocycles. The first-order valence-electron chi connectivity index (χ1n) is 7.17. The zero-order valence-electron chi connectivity index (χ0n) is 13.2. The highest BCUT2D eigenvalue weighted by Crippen LogP contribution is 2.26. The molecule has 0 aliphatic rings. The van der Waals surface area contributed by atoms with E-state index in [1.54, 1.807) is 0 Å². The van der Waals surface area contributed by atoms with Gasteiger partial charge in [-0.05, 0) is 56.0 Å². The van der Waals surface area contributed by atoms with Crippen molar-refractivity contribution in [1.82, 2.24) is 0 Å². The molecule has 0 aliphatic heterocycles. The van der Waals surface area contributed by atoms with Gasteiger partial charge in [0.05, 0.1) is 0 Å². The van der Waals surface area contributed by atoms with Crippen molar-refractivity contribution in [3.63, 3.8) is 0 Å². The molecule has 0 aromatic heterocycles. The van der Waals surface area contributed by atoms with Crippen molar-refractivity contribution in [2.45, 2.75) is 27.7 Å². The summed E-state index contributed by atoms with van der Waals surface area (Å²) in [5.41, 5.74) is 11.1. The Morgan fingerprint density at radius 3 is 2.19 bits per heavy atom. The molecule has 21 heavy (non-hydrogen) atoms. The number of benzene rings is 2. The summed E-state index contributed by atoms with van der Waals surface area (Å²) in [5, 5.41) is 0. The average molecular weight is 285 g/mol. The maximum Gasteiger partial charge on any atom is 0.125 e. The van der Waals surface area contributed by atoms with E-state index >= 15 is 0 Å². The molecule has 3 nitrogen and oxygen atoms in total. The van der Waals surface area contributed by atoms with Gasteiger partial charge in [0.2, 0.25) is 0 Å². The first-order chi connectivity index (χ1) is 9.99. The molecule has 0 amide bonds. The SMILES string of the molecule is Cc1ccc(N)cc1OCCOc1c(C)ccc(C)c1C. The minimum absolute atomic E-state index is 0.497. The van der Waals surface area contributed by atoms with Gasteiger partial charge >= 0.3 is 0 Å². The molecule has 2 N–H and O–H groups in total. The van der Waals surface area contributed by atoms with Crippen molar-refractivity contribution < 1.29 is 9.47 Å². The largest absolute Gasteiger partial charge is 0.490 e. The van der Waals surface area contributed by atoms with Crippen LogP contribution in [-0.4, -0.2) is 13.2 Å². The fourth-order valence-electron chi connectivity index (χ4n) is 2.22. The molecule has 0 aliphatic carbocycles. The molecule has 0 fully saturated rings. The van der Waals surface area contributed by atoms with Gasteiger partial charge in [-0.2, -0.15) is 0 Å². The topological polar surface area (TPSA) is 44.5 Å². The predicted molar refractivity (Wildman–Crippen MR) is 87.2 cm³/mol. The Morgan fingerprint density at radius 2 is 1.43 bits per heavy atom. The second-order valence-corrected chi connectivity index (χ2v) is 5.38. The van der Waals surface area contributed by atoms with Gasteiger partial charge in [0, 0.05) is 11.8 Å². The van der Waals surface area contributed by atoms with Gasteiger partial charge in [-0.3, -0.25) is 0 Å². The summed E-state index contributed by atoms with van der Waals surface area (Å²) >= 11 is 0. The van der Waals surface area contributed by atoms with Crippen LogP contribution in [0.5, 0.6) is 11.5 Å². The molecule has 0 atom stereocenters. The molecule has 0 spiro atoms. The van der Waals surface area contributed by atoms with Crippen LogP contribution in [0.15, 0.2) is 30.3 Å². The smallest absolute Gasteiger partial charge is 0.125 e. The molecular weight excluding hydrogens is 262 g/mol. The third-order valence-corrected chi connectivity index (χ3v) is 3.67. The summed E-state index contributed by atoms with van der Waals surface area (Å²) in [5.74, 6) is 1.78. The van der Waals surface area contributed by atoms with Gasteiger partial charge in [-0.25, -0.2) is 0 Å². The monoisotopic (exact) mass is 285 g/mol. The molecule has 3 heteroatoms. The quantitative estimate of drug-likeness (QED) is 0.668. The van der Waals surface area contributed by atoms with Crippen LogP contribution in [0, 0.1) is 27.7 Å². The van der Waals surface area contributed by atoms with E-state index in [0.29, 0.717) is 18.9 Å². The fraction of sp³-hybridized carbons (Fsp3) is 0.333. The van der Waals surface area contributed by atoms with Crippen LogP contribution in [0.25, 0.3) is 0 Å². The van der Waals surface area contributed by atoms with Crippen LogP contribution in [0.1, 0.15) is 22.3 Å². The number of nitrogens with two attached hydrogens (primary N) is 1. The summed E-state index contributed by atoms with van der Waals surface area (Å²) < 4.78 is 11.6. The van der Waals surface area contributed by atoms with E-state index < -0.39 is 0 Å². The van der Waals surface area contributed by atoms with Gasteiger partial charge < -0.3 is 15.2 Å². The Balaban J connectivity index is 1.94. The molecule has 2 aromatic rings. The van der Waals surface area contributed by atoms with Crippen LogP contribution in [0.3, 0.4) is 0 Å². The predicted octanol–water partition coefficient (Wildman–Crippen LogP) is 3.96. The van der Waals surface area contributed by atoms with Gasteiger partial charge in [-0.15, -0.1) is 0 Å². The number of hydrogen-bond donors (Lipinski definition) is 1. The van der Waals surface area contributed by atoms with Crippen LogP contribution in [0.2, 0.25) is 0 Å². The van der Waals surface area contributed by atoms with Crippen molar-refractivity contribution in [2.75, 3.05) is 18.9 Å². The minimum Gasteiger partial charge on any atom is -0.490 e. The minimum atomic E-state index is 0.497. The van der Waals surface area contributed by atoms with Gasteiger partial charge in [0.25, 0.3) is 0 Å². The molecule has 0 saturated heterocycles. The summed E-state index contributed by atoms with van der Waals surface area (Å²) in [6.07, 6.45) is 0. The molecule has 0 bridgehead atoms. The van der Waals surface area contributed by atoms with Crippen LogP contribution >= 0.6 is 0 Å². The molecule has 0 saturated carbocycles. The molecule has 0 unspecified atom stereocenters. The average Bonchev–Trinajstić information content (AvgIpc) is 2.46. The number of aryl methyl sites for hydroxylation is 3. The molecule has 112 valence electrons. The van der Waals surface area contributed by atoms with Gasteiger partial charge in [-0.1, -0.05) is 18.2 Å². The Bertz CT molecular complexity index is 635. The van der Waals surface area contributed by atoms with E-state index in [-0.39, 0.29) is 0 Å². The maximum atomic E-state index is 5.88. The van der Waals surface area contributed by atoms with E-state index in [1.165, 1.54) is 11.1 Å². The Labute approximate surface area is 126 Å². The molecule has 2 rings (SSSR count). The third kappa shape index (κ3) is 3.69. The lowest BCUT2D eigenvalue weighted by Gasteiger charge is -2.15. The summed E-state index contributed by atoms with van der Waals surface area (Å²) in [4.78, 5) is 0. The van der Waals surface area contributed by atoms with E-state index in [2.05, 4.69) is 32.9 Å². The zero-order chi connectivity index (χ0) is 15.4. The fourth-order valence-corrected chi connectivity index (χ4v) is 2.22. The maximum absolute atomic E-state index is 5.88. The Morgan fingerprint density at radius 1 is 0.810 bits per heavy atom. The number of nitrogen functional groups attached to an aromatic ring is 1. The van der Waals surface area contributed by atoms with Crippen molar-refractivity contribution in [1.29, 1.82) is 0 Å². The second kappa shape index (κ2) is 6.53. The van der Waals surface area contributed by atoms with Crippen LogP contribution in [0.4, 0.5) is 5.69 Å². The Hall–Kier alpha value is -2.16. The summed E-state index contributed by atoms with van der Waals surface area (Å²) in [6, 6.07) is 9.88. The highest BCUT2D eigenvalue weighted by atomic mass is 16.5. The number of hydrogen-bond acceptors (Lipinski definition) is 3. The lowest BCUT2D eigenvalue weighted by Crippen LogP contribution is -2.11. The number of rotatable bonds is 5. The molecule has 2 aromatic carbocycles. The lowest BCUT2D eigenvalue weighted by molar-refractivity contribution is 0.214. The first-order valence-corrected chi connectivity index (χ1v) is 7.17. The van der Waals surface area contributed by atoms with Gasteiger partial charge in [0.1, 0.15) is 24.7 Å². The number of anilines is 1. The summed E-state index contributed by atoms with van der Waals surface area (Å²) in [7, 11) is 0. The number of ether oxygens (including phenoxy) is 2. The first kappa shape index (κ1) is 15.2. The zero-order valence-corrected chi connectivity index (χ0v) is 13.2. The van der Waals surface area contributed by atoms with Crippen LogP contribution in [-0.2, 0) is 0 Å². The molecule has 0 radical (unpaired) electrons. The lowest BCUT2D eigenvalue weighted by atomic mass is 10.1. The second-order valence-electron chi connectivity index (χ2n) is 5.38. The van der Waals surface area contributed by atoms with Crippen molar-refractivity contribution in [2.24, 2.45) is 0 Å². The normalized spacial score (nSPS) is 10.5.